The normalized spacial score (nSPS) is 12.1. The third-order valence-corrected chi connectivity index (χ3v) is 4.39. The van der Waals surface area contributed by atoms with Crippen molar-refractivity contribution in [2.45, 2.75) is 17.1 Å². The van der Waals surface area contributed by atoms with Gasteiger partial charge in [0.1, 0.15) is 0 Å². The van der Waals surface area contributed by atoms with Crippen LogP contribution in [0, 0.1) is 0 Å². The van der Waals surface area contributed by atoms with Gasteiger partial charge < -0.3 is 5.11 Å². The van der Waals surface area contributed by atoms with Crippen molar-refractivity contribution in [3.63, 3.8) is 0 Å². The molecule has 0 radical (unpaired) electrons. The molecular formula is C15H13ClO3S. The van der Waals surface area contributed by atoms with E-state index in [2.05, 4.69) is 0 Å². The standard InChI is InChI=1S/C15H13ClO3S/c16-13-6-3-7-14(9-13)20(19)10-12-5-2-1-4-11(12)8-15(17)18/h1-7,9H,8,10H2,(H,17,18). The Morgan fingerprint density at radius 2 is 1.80 bits per heavy atom. The van der Waals surface area contributed by atoms with Gasteiger partial charge in [-0.2, -0.15) is 0 Å². The molecule has 2 rings (SSSR count). The van der Waals surface area contributed by atoms with Crippen LogP contribution in [-0.4, -0.2) is 15.3 Å². The first-order valence-electron chi connectivity index (χ1n) is 5.99. The van der Waals surface area contributed by atoms with Crippen LogP contribution in [0.2, 0.25) is 5.02 Å². The van der Waals surface area contributed by atoms with Crippen molar-refractivity contribution in [2.24, 2.45) is 0 Å². The Hall–Kier alpha value is -1.65. The minimum absolute atomic E-state index is 0.0665. The van der Waals surface area contributed by atoms with E-state index in [9.17, 15) is 9.00 Å². The Morgan fingerprint density at radius 1 is 1.10 bits per heavy atom. The first-order chi connectivity index (χ1) is 9.56. The molecule has 0 aliphatic rings. The second-order valence-electron chi connectivity index (χ2n) is 4.29. The molecule has 0 amide bonds. The quantitative estimate of drug-likeness (QED) is 0.922. The lowest BCUT2D eigenvalue weighted by molar-refractivity contribution is -0.136. The third kappa shape index (κ3) is 3.92. The fourth-order valence-electron chi connectivity index (χ4n) is 1.87. The van der Waals surface area contributed by atoms with E-state index in [0.717, 1.165) is 5.56 Å². The molecule has 104 valence electrons. The summed E-state index contributed by atoms with van der Waals surface area (Å²) < 4.78 is 12.3. The van der Waals surface area contributed by atoms with Gasteiger partial charge in [0.25, 0.3) is 0 Å². The SMILES string of the molecule is O=C(O)Cc1ccccc1CS(=O)c1cccc(Cl)c1. The van der Waals surface area contributed by atoms with Crippen LogP contribution in [-0.2, 0) is 27.8 Å². The highest BCUT2D eigenvalue weighted by atomic mass is 35.5. The molecular weight excluding hydrogens is 296 g/mol. The van der Waals surface area contributed by atoms with E-state index in [0.29, 0.717) is 15.5 Å². The summed E-state index contributed by atoms with van der Waals surface area (Å²) in [6.07, 6.45) is -0.0665. The molecule has 5 heteroatoms. The molecule has 2 aromatic rings. The molecule has 0 aliphatic heterocycles. The predicted octanol–water partition coefficient (Wildman–Crippen LogP) is 3.27. The summed E-state index contributed by atoms with van der Waals surface area (Å²) in [5.41, 5.74) is 1.48. The van der Waals surface area contributed by atoms with Gasteiger partial charge in [0.2, 0.25) is 0 Å². The minimum Gasteiger partial charge on any atom is -0.481 e. The number of carbonyl (C=O) groups is 1. The molecule has 0 bridgehead atoms. The largest absolute Gasteiger partial charge is 0.481 e. The van der Waals surface area contributed by atoms with E-state index < -0.39 is 16.8 Å². The Balaban J connectivity index is 2.21. The van der Waals surface area contributed by atoms with E-state index >= 15 is 0 Å². The second-order valence-corrected chi connectivity index (χ2v) is 6.17. The Morgan fingerprint density at radius 3 is 2.45 bits per heavy atom. The van der Waals surface area contributed by atoms with Crippen molar-refractivity contribution in [3.8, 4) is 0 Å². The lowest BCUT2D eigenvalue weighted by atomic mass is 10.1. The van der Waals surface area contributed by atoms with Gasteiger partial charge in [0.05, 0.1) is 23.0 Å². The smallest absolute Gasteiger partial charge is 0.307 e. The van der Waals surface area contributed by atoms with Gasteiger partial charge >= 0.3 is 5.97 Å². The number of carboxylic acid groups (broad SMARTS) is 1. The molecule has 0 aromatic heterocycles. The Bertz CT molecular complexity index is 655. The number of benzene rings is 2. The maximum Gasteiger partial charge on any atom is 0.307 e. The summed E-state index contributed by atoms with van der Waals surface area (Å²) in [6.45, 7) is 0. The van der Waals surface area contributed by atoms with Gasteiger partial charge in [-0.15, -0.1) is 0 Å². The third-order valence-electron chi connectivity index (χ3n) is 2.81. The summed E-state index contributed by atoms with van der Waals surface area (Å²) in [7, 11) is -1.25. The van der Waals surface area contributed by atoms with Crippen molar-refractivity contribution in [2.75, 3.05) is 0 Å². The molecule has 0 saturated carbocycles. The first-order valence-corrected chi connectivity index (χ1v) is 7.68. The zero-order valence-corrected chi connectivity index (χ0v) is 12.2. The van der Waals surface area contributed by atoms with Gasteiger partial charge in [-0.3, -0.25) is 9.00 Å². The van der Waals surface area contributed by atoms with Crippen LogP contribution >= 0.6 is 11.6 Å². The number of rotatable bonds is 5. The van der Waals surface area contributed by atoms with E-state index in [4.69, 9.17) is 16.7 Å². The molecule has 0 fully saturated rings. The molecule has 0 aliphatic carbocycles. The van der Waals surface area contributed by atoms with Crippen molar-refractivity contribution in [1.29, 1.82) is 0 Å². The van der Waals surface area contributed by atoms with Crippen molar-refractivity contribution >= 4 is 28.4 Å². The summed E-state index contributed by atoms with van der Waals surface area (Å²) in [5, 5.41) is 9.42. The number of carboxylic acids is 1. The fourth-order valence-corrected chi connectivity index (χ4v) is 3.34. The average molecular weight is 309 g/mol. The van der Waals surface area contributed by atoms with Crippen LogP contribution in [0.1, 0.15) is 11.1 Å². The highest BCUT2D eigenvalue weighted by molar-refractivity contribution is 7.84. The van der Waals surface area contributed by atoms with Gasteiger partial charge in [0, 0.05) is 9.92 Å². The molecule has 0 saturated heterocycles. The van der Waals surface area contributed by atoms with Gasteiger partial charge in [-0.25, -0.2) is 0 Å². The van der Waals surface area contributed by atoms with Crippen LogP contribution in [0.25, 0.3) is 0 Å². The number of aliphatic carboxylic acids is 1. The van der Waals surface area contributed by atoms with Gasteiger partial charge in [-0.05, 0) is 29.3 Å². The van der Waals surface area contributed by atoms with E-state index in [1.807, 2.05) is 6.07 Å². The van der Waals surface area contributed by atoms with Gasteiger partial charge in [0.15, 0.2) is 0 Å². The summed E-state index contributed by atoms with van der Waals surface area (Å²) in [5.74, 6) is -0.616. The lowest BCUT2D eigenvalue weighted by Crippen LogP contribution is -2.05. The zero-order chi connectivity index (χ0) is 14.5. The molecule has 1 N–H and O–H groups in total. The van der Waals surface area contributed by atoms with Crippen LogP contribution in [0.4, 0.5) is 0 Å². The minimum atomic E-state index is -1.25. The number of hydrogen-bond donors (Lipinski definition) is 1. The molecule has 20 heavy (non-hydrogen) atoms. The molecule has 0 spiro atoms. The Labute approximate surface area is 124 Å². The maximum atomic E-state index is 12.3. The van der Waals surface area contributed by atoms with Gasteiger partial charge in [-0.1, -0.05) is 41.9 Å². The maximum absolute atomic E-state index is 12.3. The first kappa shape index (κ1) is 14.8. The molecule has 1 atom stereocenters. The molecule has 0 heterocycles. The molecule has 1 unspecified atom stereocenters. The summed E-state index contributed by atoms with van der Waals surface area (Å²) in [6, 6.07) is 14.0. The van der Waals surface area contributed by atoms with E-state index in [1.54, 1.807) is 42.5 Å². The van der Waals surface area contributed by atoms with Crippen molar-refractivity contribution in [1.82, 2.24) is 0 Å². The topological polar surface area (TPSA) is 54.4 Å². The highest BCUT2D eigenvalue weighted by Gasteiger charge is 2.11. The fraction of sp³-hybridized carbons (Fsp3) is 0.133. The van der Waals surface area contributed by atoms with Crippen LogP contribution in [0.3, 0.4) is 0 Å². The van der Waals surface area contributed by atoms with Crippen LogP contribution in [0.5, 0.6) is 0 Å². The molecule has 2 aromatic carbocycles. The lowest BCUT2D eigenvalue weighted by Gasteiger charge is -2.08. The molecule has 3 nitrogen and oxygen atoms in total. The summed E-state index contributed by atoms with van der Waals surface area (Å²) in [4.78, 5) is 11.5. The summed E-state index contributed by atoms with van der Waals surface area (Å²) >= 11 is 5.88. The van der Waals surface area contributed by atoms with Crippen molar-refractivity contribution < 1.29 is 14.1 Å². The zero-order valence-electron chi connectivity index (χ0n) is 10.6. The van der Waals surface area contributed by atoms with Crippen LogP contribution in [0.15, 0.2) is 53.4 Å². The van der Waals surface area contributed by atoms with Crippen LogP contribution < -0.4 is 0 Å². The average Bonchev–Trinajstić information content (AvgIpc) is 2.40. The van der Waals surface area contributed by atoms with Crippen molar-refractivity contribution in [3.05, 3.63) is 64.7 Å². The number of halogens is 1. The predicted molar refractivity (Wildman–Crippen MR) is 79.3 cm³/mol. The monoisotopic (exact) mass is 308 g/mol. The highest BCUT2D eigenvalue weighted by Crippen LogP contribution is 2.19. The second kappa shape index (κ2) is 6.68. The Kier molecular flexibility index (Phi) is 4.93. The number of hydrogen-bond acceptors (Lipinski definition) is 2. The van der Waals surface area contributed by atoms with E-state index in [1.165, 1.54) is 0 Å². The van der Waals surface area contributed by atoms with E-state index in [-0.39, 0.29) is 12.2 Å².